The Labute approximate surface area is 119 Å². The molecule has 0 saturated heterocycles. The molecule has 110 valence electrons. The van der Waals surface area contributed by atoms with E-state index in [1.54, 1.807) is 25.3 Å². The highest BCUT2D eigenvalue weighted by atomic mass is 16.5. The van der Waals surface area contributed by atoms with Crippen LogP contribution in [0.3, 0.4) is 0 Å². The first-order chi connectivity index (χ1) is 9.66. The number of ether oxygens (including phenoxy) is 2. The van der Waals surface area contributed by atoms with Gasteiger partial charge in [0.15, 0.2) is 5.78 Å². The Morgan fingerprint density at radius 3 is 2.85 bits per heavy atom. The van der Waals surface area contributed by atoms with E-state index in [0.29, 0.717) is 23.5 Å². The van der Waals surface area contributed by atoms with Gasteiger partial charge in [0.1, 0.15) is 18.1 Å². The first kappa shape index (κ1) is 14.9. The number of aliphatic hydroxyl groups is 1. The predicted octanol–water partition coefficient (Wildman–Crippen LogP) is 2.83. The van der Waals surface area contributed by atoms with Crippen molar-refractivity contribution in [2.75, 3.05) is 20.3 Å². The molecule has 1 heterocycles. The molecule has 0 saturated carbocycles. The molecule has 1 unspecified atom stereocenters. The Morgan fingerprint density at radius 1 is 1.40 bits per heavy atom. The van der Waals surface area contributed by atoms with Gasteiger partial charge in [-0.15, -0.1) is 0 Å². The molecule has 0 radical (unpaired) electrons. The van der Waals surface area contributed by atoms with Gasteiger partial charge in [0.05, 0.1) is 24.7 Å². The fraction of sp³-hybridized carbons (Fsp3) is 0.562. The van der Waals surface area contributed by atoms with Crippen LogP contribution < -0.4 is 9.47 Å². The average molecular weight is 278 g/mol. The second-order valence-corrected chi connectivity index (χ2v) is 5.38. The lowest BCUT2D eigenvalue weighted by Gasteiger charge is -2.35. The monoisotopic (exact) mass is 278 g/mol. The smallest absolute Gasteiger partial charge is 0.178 e. The van der Waals surface area contributed by atoms with Gasteiger partial charge in [0, 0.05) is 6.07 Å². The first-order valence-corrected chi connectivity index (χ1v) is 7.13. The lowest BCUT2D eigenvalue weighted by atomic mass is 9.76. The van der Waals surface area contributed by atoms with Gasteiger partial charge >= 0.3 is 0 Å². The number of ketones is 1. The van der Waals surface area contributed by atoms with Crippen molar-refractivity contribution >= 4 is 5.78 Å². The number of carbonyl (C=O) groups is 1. The zero-order valence-corrected chi connectivity index (χ0v) is 12.1. The molecule has 1 N–H and O–H groups in total. The number of rotatable bonds is 6. The summed E-state index contributed by atoms with van der Waals surface area (Å²) in [5.41, 5.74) is -0.237. The van der Waals surface area contributed by atoms with E-state index in [1.807, 2.05) is 0 Å². The summed E-state index contributed by atoms with van der Waals surface area (Å²) in [6.07, 6.45) is 3.74. The number of benzene rings is 1. The maximum atomic E-state index is 12.7. The summed E-state index contributed by atoms with van der Waals surface area (Å²) in [5, 5.41) is 9.71. The van der Waals surface area contributed by atoms with Crippen LogP contribution in [0.5, 0.6) is 11.5 Å². The topological polar surface area (TPSA) is 55.8 Å². The minimum absolute atomic E-state index is 0.0139. The summed E-state index contributed by atoms with van der Waals surface area (Å²) >= 11 is 0. The Morgan fingerprint density at radius 2 is 2.20 bits per heavy atom. The summed E-state index contributed by atoms with van der Waals surface area (Å²) < 4.78 is 10.8. The number of methoxy groups -OCH3 is 1. The van der Waals surface area contributed by atoms with E-state index < -0.39 is 5.41 Å². The van der Waals surface area contributed by atoms with Crippen molar-refractivity contribution in [2.45, 2.75) is 32.6 Å². The lowest BCUT2D eigenvalue weighted by Crippen LogP contribution is -2.44. The number of fused-ring (bicyclic) bond motifs is 1. The summed E-state index contributed by atoms with van der Waals surface area (Å²) in [5.74, 6) is 1.20. The Bertz CT molecular complexity index is 483. The van der Waals surface area contributed by atoms with Crippen molar-refractivity contribution in [1.29, 1.82) is 0 Å². The zero-order chi connectivity index (χ0) is 14.6. The molecule has 0 spiro atoms. The van der Waals surface area contributed by atoms with Crippen LogP contribution in [0, 0.1) is 5.41 Å². The highest BCUT2D eigenvalue weighted by Crippen LogP contribution is 2.39. The van der Waals surface area contributed by atoms with Crippen LogP contribution in [-0.4, -0.2) is 31.2 Å². The summed E-state index contributed by atoms with van der Waals surface area (Å²) in [6, 6.07) is 5.19. The van der Waals surface area contributed by atoms with Crippen molar-refractivity contribution in [3.8, 4) is 11.5 Å². The number of carbonyl (C=O) groups excluding carboxylic acids is 1. The van der Waals surface area contributed by atoms with Crippen LogP contribution in [-0.2, 0) is 0 Å². The van der Waals surface area contributed by atoms with Gasteiger partial charge in [-0.1, -0.05) is 26.2 Å². The number of unbranched alkanes of at least 4 members (excludes halogenated alkanes) is 2. The van der Waals surface area contributed by atoms with Gasteiger partial charge in [-0.2, -0.15) is 0 Å². The predicted molar refractivity (Wildman–Crippen MR) is 76.5 cm³/mol. The number of hydrogen-bond donors (Lipinski definition) is 1. The molecule has 4 nitrogen and oxygen atoms in total. The molecule has 0 aromatic heterocycles. The number of aliphatic hydroxyl groups excluding tert-OH is 1. The van der Waals surface area contributed by atoms with Gasteiger partial charge in [-0.3, -0.25) is 4.79 Å². The minimum atomic E-state index is -0.781. The first-order valence-electron chi connectivity index (χ1n) is 7.13. The molecule has 0 fully saturated rings. The average Bonchev–Trinajstić information content (AvgIpc) is 2.49. The molecule has 1 aromatic rings. The third kappa shape index (κ3) is 2.66. The number of Topliss-reactive ketones (excluding diaryl/α,β-unsaturated/α-hetero) is 1. The van der Waals surface area contributed by atoms with Crippen molar-refractivity contribution in [2.24, 2.45) is 5.41 Å². The molecule has 1 atom stereocenters. The van der Waals surface area contributed by atoms with E-state index in [2.05, 4.69) is 6.92 Å². The Hall–Kier alpha value is -1.55. The zero-order valence-electron chi connectivity index (χ0n) is 12.1. The lowest BCUT2D eigenvalue weighted by molar-refractivity contribution is 0.0335. The van der Waals surface area contributed by atoms with E-state index in [0.717, 1.165) is 19.3 Å². The van der Waals surface area contributed by atoms with Gasteiger partial charge in [0.25, 0.3) is 0 Å². The molecule has 0 amide bonds. The van der Waals surface area contributed by atoms with Gasteiger partial charge in [0.2, 0.25) is 0 Å². The summed E-state index contributed by atoms with van der Waals surface area (Å²) in [6.45, 7) is 2.19. The molecule has 0 aliphatic carbocycles. The SMILES string of the molecule is CCCCCC1(CO)COc2cc(OC)ccc2C1=O. The van der Waals surface area contributed by atoms with Crippen LogP contribution in [0.2, 0.25) is 0 Å². The van der Waals surface area contributed by atoms with Crippen LogP contribution in [0.1, 0.15) is 43.0 Å². The molecule has 0 bridgehead atoms. The number of hydrogen-bond acceptors (Lipinski definition) is 4. The van der Waals surface area contributed by atoms with E-state index in [9.17, 15) is 9.90 Å². The van der Waals surface area contributed by atoms with Crippen LogP contribution in [0.4, 0.5) is 0 Å². The highest BCUT2D eigenvalue weighted by molar-refractivity contribution is 6.04. The van der Waals surface area contributed by atoms with E-state index in [4.69, 9.17) is 9.47 Å². The molecule has 1 aliphatic heterocycles. The fourth-order valence-corrected chi connectivity index (χ4v) is 2.60. The second-order valence-electron chi connectivity index (χ2n) is 5.38. The third-order valence-corrected chi connectivity index (χ3v) is 3.98. The van der Waals surface area contributed by atoms with Crippen LogP contribution in [0.25, 0.3) is 0 Å². The normalized spacial score (nSPS) is 21.2. The maximum absolute atomic E-state index is 12.7. The van der Waals surface area contributed by atoms with Gasteiger partial charge < -0.3 is 14.6 Å². The van der Waals surface area contributed by atoms with E-state index >= 15 is 0 Å². The molecule has 20 heavy (non-hydrogen) atoms. The van der Waals surface area contributed by atoms with Crippen LogP contribution in [0.15, 0.2) is 18.2 Å². The van der Waals surface area contributed by atoms with Gasteiger partial charge in [-0.05, 0) is 18.6 Å². The van der Waals surface area contributed by atoms with Crippen molar-refractivity contribution in [3.63, 3.8) is 0 Å². The van der Waals surface area contributed by atoms with Crippen molar-refractivity contribution < 1.29 is 19.4 Å². The molecular formula is C16H22O4. The second kappa shape index (κ2) is 6.27. The molecule has 4 heteroatoms. The van der Waals surface area contributed by atoms with E-state index in [-0.39, 0.29) is 19.0 Å². The maximum Gasteiger partial charge on any atom is 0.178 e. The molecular weight excluding hydrogens is 256 g/mol. The standard InChI is InChI=1S/C16H22O4/c1-3-4-5-8-16(10-17)11-20-14-9-12(19-2)6-7-13(14)15(16)18/h6-7,9,17H,3-5,8,10-11H2,1-2H3. The summed E-state index contributed by atoms with van der Waals surface area (Å²) in [4.78, 5) is 12.7. The largest absolute Gasteiger partial charge is 0.497 e. The Balaban J connectivity index is 2.24. The van der Waals surface area contributed by atoms with Crippen molar-refractivity contribution in [3.05, 3.63) is 23.8 Å². The fourth-order valence-electron chi connectivity index (χ4n) is 2.60. The minimum Gasteiger partial charge on any atom is -0.497 e. The van der Waals surface area contributed by atoms with Crippen LogP contribution >= 0.6 is 0 Å². The van der Waals surface area contributed by atoms with E-state index in [1.165, 1.54) is 0 Å². The van der Waals surface area contributed by atoms with Gasteiger partial charge in [-0.25, -0.2) is 0 Å². The quantitative estimate of drug-likeness (QED) is 0.813. The summed E-state index contributed by atoms with van der Waals surface area (Å²) in [7, 11) is 1.58. The third-order valence-electron chi connectivity index (χ3n) is 3.98. The molecule has 1 aliphatic rings. The molecule has 1 aromatic carbocycles. The Kier molecular flexibility index (Phi) is 4.65. The highest BCUT2D eigenvalue weighted by Gasteiger charge is 2.43. The molecule has 2 rings (SSSR count). The van der Waals surface area contributed by atoms with Crippen molar-refractivity contribution in [1.82, 2.24) is 0 Å².